The Kier molecular flexibility index (Phi) is 6.47. The maximum absolute atomic E-state index is 10.9. The molecular weight excluding hydrogens is 222 g/mol. The second-order valence-corrected chi connectivity index (χ2v) is 4.54. The van der Waals surface area contributed by atoms with Gasteiger partial charge in [0.2, 0.25) is 0 Å². The van der Waals surface area contributed by atoms with Gasteiger partial charge < -0.3 is 14.6 Å². The summed E-state index contributed by atoms with van der Waals surface area (Å²) < 4.78 is 10.4. The van der Waals surface area contributed by atoms with E-state index in [0.717, 1.165) is 25.7 Å². The number of rotatable bonds is 7. The lowest BCUT2D eigenvalue weighted by Crippen LogP contribution is -2.44. The predicted molar refractivity (Wildman–Crippen MR) is 64.1 cm³/mol. The summed E-state index contributed by atoms with van der Waals surface area (Å²) in [6, 6.07) is 0.306. The molecule has 0 bridgehead atoms. The van der Waals surface area contributed by atoms with Gasteiger partial charge in [0.05, 0.1) is 19.3 Å². The summed E-state index contributed by atoms with van der Waals surface area (Å²) in [7, 11) is 3.36. The second kappa shape index (κ2) is 7.63. The molecule has 0 saturated heterocycles. The number of carboxylic acid groups (broad SMARTS) is 1. The first-order valence-electron chi connectivity index (χ1n) is 6.15. The first-order chi connectivity index (χ1) is 8.17. The fourth-order valence-electron chi connectivity index (χ4n) is 2.44. The van der Waals surface area contributed by atoms with Gasteiger partial charge in [-0.15, -0.1) is 0 Å². The molecule has 0 spiro atoms. The Morgan fingerprint density at radius 3 is 2.76 bits per heavy atom. The Labute approximate surface area is 103 Å². The third-order valence-corrected chi connectivity index (χ3v) is 3.37. The molecule has 1 N–H and O–H groups in total. The number of nitrogens with zero attached hydrogens (tertiary/aromatic N) is 1. The molecule has 1 fully saturated rings. The van der Waals surface area contributed by atoms with E-state index in [1.807, 2.05) is 4.90 Å². The maximum Gasteiger partial charge on any atom is 0.317 e. The zero-order valence-electron chi connectivity index (χ0n) is 10.7. The van der Waals surface area contributed by atoms with Gasteiger partial charge in [-0.05, 0) is 25.7 Å². The number of aliphatic carboxylic acids is 1. The number of carbonyl (C=O) groups is 1. The lowest BCUT2D eigenvalue weighted by Gasteiger charge is -2.36. The molecule has 0 aliphatic heterocycles. The molecule has 0 heterocycles. The largest absolute Gasteiger partial charge is 0.480 e. The molecule has 0 aromatic rings. The highest BCUT2D eigenvalue weighted by atomic mass is 16.5. The molecule has 0 radical (unpaired) electrons. The molecule has 1 aliphatic carbocycles. The van der Waals surface area contributed by atoms with Crippen molar-refractivity contribution in [3.63, 3.8) is 0 Å². The molecule has 17 heavy (non-hydrogen) atoms. The van der Waals surface area contributed by atoms with Gasteiger partial charge in [0.1, 0.15) is 0 Å². The average molecular weight is 245 g/mol. The smallest absolute Gasteiger partial charge is 0.317 e. The van der Waals surface area contributed by atoms with Crippen LogP contribution < -0.4 is 0 Å². The maximum atomic E-state index is 10.9. The molecule has 0 amide bonds. The normalized spacial score (nSPS) is 25.1. The van der Waals surface area contributed by atoms with Crippen LogP contribution in [0.15, 0.2) is 0 Å². The first-order valence-corrected chi connectivity index (χ1v) is 6.15. The second-order valence-electron chi connectivity index (χ2n) is 4.54. The molecular formula is C12H23NO4. The summed E-state index contributed by atoms with van der Waals surface area (Å²) in [6.07, 6.45) is 4.43. The summed E-state index contributed by atoms with van der Waals surface area (Å²) in [5, 5.41) is 8.92. The SMILES string of the molecule is COCCN(CC(=O)O)C1CCCC(OC)C1. The van der Waals surface area contributed by atoms with E-state index in [4.69, 9.17) is 14.6 Å². The molecule has 2 unspecified atom stereocenters. The van der Waals surface area contributed by atoms with Crippen LogP contribution in [-0.4, -0.2) is 62.0 Å². The van der Waals surface area contributed by atoms with Gasteiger partial charge in [0.25, 0.3) is 0 Å². The number of hydrogen-bond donors (Lipinski definition) is 1. The van der Waals surface area contributed by atoms with Crippen LogP contribution in [0.3, 0.4) is 0 Å². The third kappa shape index (κ3) is 5.02. The Bertz CT molecular complexity index is 235. The van der Waals surface area contributed by atoms with Crippen molar-refractivity contribution < 1.29 is 19.4 Å². The van der Waals surface area contributed by atoms with Gasteiger partial charge in [-0.25, -0.2) is 0 Å². The Balaban J connectivity index is 2.51. The van der Waals surface area contributed by atoms with Gasteiger partial charge in [-0.1, -0.05) is 0 Å². The highest BCUT2D eigenvalue weighted by Gasteiger charge is 2.27. The lowest BCUT2D eigenvalue weighted by molar-refractivity contribution is -0.139. The Morgan fingerprint density at radius 2 is 2.18 bits per heavy atom. The van der Waals surface area contributed by atoms with E-state index in [-0.39, 0.29) is 12.6 Å². The fraction of sp³-hybridized carbons (Fsp3) is 0.917. The van der Waals surface area contributed by atoms with Gasteiger partial charge >= 0.3 is 5.97 Å². The van der Waals surface area contributed by atoms with E-state index in [2.05, 4.69) is 0 Å². The van der Waals surface area contributed by atoms with Crippen LogP contribution >= 0.6 is 0 Å². The minimum atomic E-state index is -0.777. The van der Waals surface area contributed by atoms with Crippen molar-refractivity contribution >= 4 is 5.97 Å². The fourth-order valence-corrected chi connectivity index (χ4v) is 2.44. The standard InChI is InChI=1S/C12H23NO4/c1-16-7-6-13(9-12(14)15)10-4-3-5-11(8-10)17-2/h10-11H,3-9H2,1-2H3,(H,14,15). The highest BCUT2D eigenvalue weighted by Crippen LogP contribution is 2.24. The van der Waals surface area contributed by atoms with E-state index in [1.54, 1.807) is 14.2 Å². The molecule has 2 atom stereocenters. The minimum Gasteiger partial charge on any atom is -0.480 e. The topological polar surface area (TPSA) is 59.0 Å². The van der Waals surface area contributed by atoms with E-state index < -0.39 is 5.97 Å². The van der Waals surface area contributed by atoms with Crippen molar-refractivity contribution in [1.82, 2.24) is 4.90 Å². The van der Waals surface area contributed by atoms with E-state index in [9.17, 15) is 4.79 Å². The number of hydrogen-bond acceptors (Lipinski definition) is 4. The lowest BCUT2D eigenvalue weighted by atomic mass is 9.91. The molecule has 1 rings (SSSR count). The third-order valence-electron chi connectivity index (χ3n) is 3.37. The molecule has 0 aromatic carbocycles. The first kappa shape index (κ1) is 14.4. The van der Waals surface area contributed by atoms with Gasteiger partial charge in [0, 0.05) is 26.8 Å². The molecule has 100 valence electrons. The van der Waals surface area contributed by atoms with Crippen LogP contribution in [0.2, 0.25) is 0 Å². The van der Waals surface area contributed by atoms with E-state index >= 15 is 0 Å². The number of carboxylic acids is 1. The highest BCUT2D eigenvalue weighted by molar-refractivity contribution is 5.69. The zero-order chi connectivity index (χ0) is 12.7. The van der Waals surface area contributed by atoms with Crippen molar-refractivity contribution in [1.29, 1.82) is 0 Å². The van der Waals surface area contributed by atoms with Gasteiger partial charge in [0.15, 0.2) is 0 Å². The number of ether oxygens (including phenoxy) is 2. The summed E-state index contributed by atoms with van der Waals surface area (Å²) in [6.45, 7) is 1.33. The molecule has 1 aliphatic rings. The van der Waals surface area contributed by atoms with Crippen LogP contribution in [0.5, 0.6) is 0 Å². The minimum absolute atomic E-state index is 0.0878. The Hall–Kier alpha value is -0.650. The summed E-state index contributed by atoms with van der Waals surface area (Å²) in [4.78, 5) is 12.8. The zero-order valence-corrected chi connectivity index (χ0v) is 10.7. The van der Waals surface area contributed by atoms with Gasteiger partial charge in [-0.3, -0.25) is 9.69 Å². The molecule has 1 saturated carbocycles. The number of methoxy groups -OCH3 is 2. The summed E-state index contributed by atoms with van der Waals surface area (Å²) >= 11 is 0. The van der Waals surface area contributed by atoms with Gasteiger partial charge in [-0.2, -0.15) is 0 Å². The molecule has 0 aromatic heterocycles. The van der Waals surface area contributed by atoms with Crippen molar-refractivity contribution in [3.05, 3.63) is 0 Å². The van der Waals surface area contributed by atoms with Crippen LogP contribution in [-0.2, 0) is 14.3 Å². The van der Waals surface area contributed by atoms with E-state index in [0.29, 0.717) is 19.2 Å². The van der Waals surface area contributed by atoms with Crippen molar-refractivity contribution in [2.75, 3.05) is 33.9 Å². The van der Waals surface area contributed by atoms with Crippen LogP contribution in [0.4, 0.5) is 0 Å². The average Bonchev–Trinajstić information content (AvgIpc) is 2.34. The molecule has 5 nitrogen and oxygen atoms in total. The van der Waals surface area contributed by atoms with Crippen molar-refractivity contribution in [2.24, 2.45) is 0 Å². The Morgan fingerprint density at radius 1 is 1.41 bits per heavy atom. The molecule has 5 heteroatoms. The predicted octanol–water partition coefficient (Wildman–Crippen LogP) is 0.977. The quantitative estimate of drug-likeness (QED) is 0.724. The van der Waals surface area contributed by atoms with Crippen LogP contribution in [0.1, 0.15) is 25.7 Å². The summed E-state index contributed by atoms with van der Waals surface area (Å²) in [5.41, 5.74) is 0. The summed E-state index contributed by atoms with van der Waals surface area (Å²) in [5.74, 6) is -0.777. The van der Waals surface area contributed by atoms with Crippen molar-refractivity contribution in [3.8, 4) is 0 Å². The van der Waals surface area contributed by atoms with E-state index in [1.165, 1.54) is 0 Å². The monoisotopic (exact) mass is 245 g/mol. The van der Waals surface area contributed by atoms with Crippen molar-refractivity contribution in [2.45, 2.75) is 37.8 Å². The van der Waals surface area contributed by atoms with Crippen LogP contribution in [0.25, 0.3) is 0 Å². The van der Waals surface area contributed by atoms with Crippen LogP contribution in [0, 0.1) is 0 Å².